The molecule has 0 saturated carbocycles. The number of carboxylic acids is 1. The van der Waals surface area contributed by atoms with E-state index in [1.54, 1.807) is 12.1 Å². The molecule has 0 unspecified atom stereocenters. The summed E-state index contributed by atoms with van der Waals surface area (Å²) in [6.07, 6.45) is 0.124. The Bertz CT molecular complexity index is 741. The highest BCUT2D eigenvalue weighted by atomic mass is 35.5. The Balaban J connectivity index is 2.16. The highest BCUT2D eigenvalue weighted by Gasteiger charge is 2.22. The SMILES string of the molecule is Cc1ccc(C)c(NC(=O)[C@@H](CC(=O)O)Cc2ccc(Cl)cc2)c1. The maximum absolute atomic E-state index is 12.6. The Labute approximate surface area is 146 Å². The van der Waals surface area contributed by atoms with Crippen molar-refractivity contribution in [1.82, 2.24) is 0 Å². The van der Waals surface area contributed by atoms with Crippen molar-refractivity contribution in [2.24, 2.45) is 5.92 Å². The molecule has 0 radical (unpaired) electrons. The predicted octanol–water partition coefficient (Wildman–Crippen LogP) is 4.23. The van der Waals surface area contributed by atoms with Crippen LogP contribution in [0.3, 0.4) is 0 Å². The largest absolute Gasteiger partial charge is 0.481 e. The van der Waals surface area contributed by atoms with Gasteiger partial charge in [-0.15, -0.1) is 0 Å². The maximum Gasteiger partial charge on any atom is 0.304 e. The van der Waals surface area contributed by atoms with Gasteiger partial charge in [-0.05, 0) is 55.2 Å². The molecule has 2 N–H and O–H groups in total. The van der Waals surface area contributed by atoms with E-state index in [9.17, 15) is 9.59 Å². The first kappa shape index (κ1) is 18.0. The molecule has 0 heterocycles. The zero-order chi connectivity index (χ0) is 17.7. The number of halogens is 1. The van der Waals surface area contributed by atoms with E-state index in [4.69, 9.17) is 16.7 Å². The van der Waals surface area contributed by atoms with E-state index in [-0.39, 0.29) is 12.3 Å². The van der Waals surface area contributed by atoms with Gasteiger partial charge in [0.2, 0.25) is 5.91 Å². The number of benzene rings is 2. The van der Waals surface area contributed by atoms with Crippen LogP contribution in [0.2, 0.25) is 5.02 Å². The second-order valence-electron chi connectivity index (χ2n) is 5.93. The minimum atomic E-state index is -0.995. The molecule has 0 saturated heterocycles. The van der Waals surface area contributed by atoms with Gasteiger partial charge in [-0.2, -0.15) is 0 Å². The van der Waals surface area contributed by atoms with Gasteiger partial charge in [0, 0.05) is 10.7 Å². The second-order valence-corrected chi connectivity index (χ2v) is 6.37. The molecule has 2 aromatic rings. The van der Waals surface area contributed by atoms with E-state index in [1.165, 1.54) is 0 Å². The molecule has 4 nitrogen and oxygen atoms in total. The van der Waals surface area contributed by atoms with E-state index in [1.807, 2.05) is 44.2 Å². The molecule has 24 heavy (non-hydrogen) atoms. The third kappa shape index (κ3) is 5.10. The zero-order valence-electron chi connectivity index (χ0n) is 13.7. The van der Waals surface area contributed by atoms with Crippen LogP contribution in [0.15, 0.2) is 42.5 Å². The van der Waals surface area contributed by atoms with Crippen molar-refractivity contribution in [3.8, 4) is 0 Å². The molecule has 126 valence electrons. The smallest absolute Gasteiger partial charge is 0.304 e. The lowest BCUT2D eigenvalue weighted by Gasteiger charge is -2.17. The van der Waals surface area contributed by atoms with Crippen molar-refractivity contribution in [3.05, 3.63) is 64.2 Å². The molecule has 0 bridgehead atoms. The summed E-state index contributed by atoms with van der Waals surface area (Å²) in [6, 6.07) is 12.9. The fourth-order valence-corrected chi connectivity index (χ4v) is 2.60. The quantitative estimate of drug-likeness (QED) is 0.823. The molecule has 2 aromatic carbocycles. The van der Waals surface area contributed by atoms with Crippen molar-refractivity contribution in [2.45, 2.75) is 26.7 Å². The molecule has 2 rings (SSSR count). The summed E-state index contributed by atoms with van der Waals surface area (Å²) >= 11 is 5.86. The van der Waals surface area contributed by atoms with Gasteiger partial charge in [-0.25, -0.2) is 0 Å². The number of carbonyl (C=O) groups excluding carboxylic acids is 1. The standard InChI is InChI=1S/C19H20ClNO3/c1-12-3-4-13(2)17(9-12)21-19(24)15(11-18(22)23)10-14-5-7-16(20)8-6-14/h3-9,15H,10-11H2,1-2H3,(H,21,24)(H,22,23)/t15-/m1/s1. The Kier molecular flexibility index (Phi) is 5.99. The summed E-state index contributed by atoms with van der Waals surface area (Å²) < 4.78 is 0. The van der Waals surface area contributed by atoms with Crippen LogP contribution in [-0.4, -0.2) is 17.0 Å². The van der Waals surface area contributed by atoms with Crippen molar-refractivity contribution in [2.75, 3.05) is 5.32 Å². The van der Waals surface area contributed by atoms with Crippen LogP contribution in [0.4, 0.5) is 5.69 Å². The molecule has 0 spiro atoms. The van der Waals surface area contributed by atoms with E-state index in [0.717, 1.165) is 16.7 Å². The first-order chi connectivity index (χ1) is 11.3. The summed E-state index contributed by atoms with van der Waals surface area (Å²) in [5, 5.41) is 12.6. The average molecular weight is 346 g/mol. The number of carboxylic acid groups (broad SMARTS) is 1. The van der Waals surface area contributed by atoms with Crippen LogP contribution >= 0.6 is 11.6 Å². The average Bonchev–Trinajstić information content (AvgIpc) is 2.52. The van der Waals surface area contributed by atoms with Gasteiger partial charge >= 0.3 is 5.97 Å². The lowest BCUT2D eigenvalue weighted by molar-refractivity contribution is -0.140. The van der Waals surface area contributed by atoms with Crippen LogP contribution in [0, 0.1) is 19.8 Å². The summed E-state index contributed by atoms with van der Waals surface area (Å²) in [7, 11) is 0. The monoisotopic (exact) mass is 345 g/mol. The number of amides is 1. The summed E-state index contributed by atoms with van der Waals surface area (Å²) in [6.45, 7) is 3.85. The van der Waals surface area contributed by atoms with Crippen LogP contribution in [0.5, 0.6) is 0 Å². The van der Waals surface area contributed by atoms with Crippen molar-refractivity contribution < 1.29 is 14.7 Å². The molecule has 5 heteroatoms. The Hall–Kier alpha value is -2.33. The molecule has 0 aliphatic rings. The van der Waals surface area contributed by atoms with Gasteiger partial charge in [0.05, 0.1) is 12.3 Å². The number of aryl methyl sites for hydroxylation is 2. The minimum absolute atomic E-state index is 0.223. The number of anilines is 1. The fraction of sp³-hybridized carbons (Fsp3) is 0.263. The van der Waals surface area contributed by atoms with Crippen LogP contribution in [0.1, 0.15) is 23.1 Å². The number of hydrogen-bond acceptors (Lipinski definition) is 2. The van der Waals surface area contributed by atoms with Gasteiger partial charge in [0.25, 0.3) is 0 Å². The number of rotatable bonds is 6. The summed E-state index contributed by atoms with van der Waals surface area (Å²) in [4.78, 5) is 23.7. The van der Waals surface area contributed by atoms with Crippen LogP contribution in [-0.2, 0) is 16.0 Å². The van der Waals surface area contributed by atoms with Gasteiger partial charge < -0.3 is 10.4 Å². The third-order valence-electron chi connectivity index (χ3n) is 3.84. The van der Waals surface area contributed by atoms with E-state index < -0.39 is 11.9 Å². The van der Waals surface area contributed by atoms with Crippen LogP contribution in [0.25, 0.3) is 0 Å². The highest BCUT2D eigenvalue weighted by molar-refractivity contribution is 6.30. The predicted molar refractivity (Wildman–Crippen MR) is 95.4 cm³/mol. The lowest BCUT2D eigenvalue weighted by atomic mass is 9.95. The molecule has 1 amide bonds. The summed E-state index contributed by atoms with van der Waals surface area (Å²) in [5.41, 5.74) is 3.56. The number of nitrogens with one attached hydrogen (secondary N) is 1. The maximum atomic E-state index is 12.6. The van der Waals surface area contributed by atoms with Crippen molar-refractivity contribution in [1.29, 1.82) is 0 Å². The number of aliphatic carboxylic acids is 1. The van der Waals surface area contributed by atoms with Gasteiger partial charge in [0.15, 0.2) is 0 Å². The topological polar surface area (TPSA) is 66.4 Å². The molecular weight excluding hydrogens is 326 g/mol. The van der Waals surface area contributed by atoms with Gasteiger partial charge in [-0.3, -0.25) is 9.59 Å². The van der Waals surface area contributed by atoms with E-state index in [2.05, 4.69) is 5.32 Å². The van der Waals surface area contributed by atoms with Gasteiger partial charge in [0.1, 0.15) is 0 Å². The van der Waals surface area contributed by atoms with Crippen molar-refractivity contribution in [3.63, 3.8) is 0 Å². The van der Waals surface area contributed by atoms with Crippen LogP contribution < -0.4 is 5.32 Å². The Morgan fingerprint density at radius 2 is 1.79 bits per heavy atom. The van der Waals surface area contributed by atoms with Crippen molar-refractivity contribution >= 4 is 29.2 Å². The molecule has 0 aliphatic carbocycles. The Morgan fingerprint density at radius 3 is 2.42 bits per heavy atom. The highest BCUT2D eigenvalue weighted by Crippen LogP contribution is 2.21. The first-order valence-electron chi connectivity index (χ1n) is 7.69. The molecular formula is C19H20ClNO3. The van der Waals surface area contributed by atoms with E-state index >= 15 is 0 Å². The Morgan fingerprint density at radius 1 is 1.12 bits per heavy atom. The normalized spacial score (nSPS) is 11.8. The first-order valence-corrected chi connectivity index (χ1v) is 8.07. The third-order valence-corrected chi connectivity index (χ3v) is 4.09. The molecule has 0 aromatic heterocycles. The fourth-order valence-electron chi connectivity index (χ4n) is 2.48. The zero-order valence-corrected chi connectivity index (χ0v) is 14.4. The van der Waals surface area contributed by atoms with E-state index in [0.29, 0.717) is 17.1 Å². The molecule has 0 fully saturated rings. The van der Waals surface area contributed by atoms with Gasteiger partial charge in [-0.1, -0.05) is 35.9 Å². The second kappa shape index (κ2) is 7.97. The molecule has 1 atom stereocenters. The number of carbonyl (C=O) groups is 2. The lowest BCUT2D eigenvalue weighted by Crippen LogP contribution is -2.27. The minimum Gasteiger partial charge on any atom is -0.481 e. The summed E-state index contributed by atoms with van der Waals surface area (Å²) in [5.74, 6) is -1.94. The number of hydrogen-bond donors (Lipinski definition) is 2. The molecule has 0 aliphatic heterocycles.